The smallest absolute Gasteiger partial charge is 0.111 e. The quantitative estimate of drug-likeness (QED) is 0.343. The zero-order valence-corrected chi connectivity index (χ0v) is 13.1. The molecule has 5 N–H and O–H groups in total. The summed E-state index contributed by atoms with van der Waals surface area (Å²) in [6, 6.07) is 0. The number of rotatable bonds is 11. The van der Waals surface area contributed by atoms with E-state index in [4.69, 9.17) is 5.11 Å². The Hall–Kier alpha value is 0.500. The Bertz CT molecular complexity index is 212. The minimum atomic E-state index is -1.55. The highest BCUT2D eigenvalue weighted by Crippen LogP contribution is 2.30. The van der Waals surface area contributed by atoms with Crippen LogP contribution in [0.2, 0.25) is 0 Å². The summed E-state index contributed by atoms with van der Waals surface area (Å²) in [5.41, 5.74) is 0. The van der Waals surface area contributed by atoms with Crippen LogP contribution in [0.25, 0.3) is 0 Å². The number of aliphatic hydroxyl groups is 5. The van der Waals surface area contributed by atoms with Crippen LogP contribution in [0, 0.1) is 0 Å². The van der Waals surface area contributed by atoms with Gasteiger partial charge in [-0.3, -0.25) is 0 Å². The van der Waals surface area contributed by atoms with Gasteiger partial charge in [-0.2, -0.15) is 0 Å². The lowest BCUT2D eigenvalue weighted by atomic mass is 10.0. The van der Waals surface area contributed by atoms with Crippen LogP contribution in [0.15, 0.2) is 0 Å². The molecule has 0 aromatic rings. The SMILES string of the molecule is CCCSC(SCCC)[C@H](O)[C@@H](O)[C@H](O)[C@H](O)CO. The second-order valence-corrected chi connectivity index (χ2v) is 7.13. The van der Waals surface area contributed by atoms with E-state index in [1.54, 1.807) is 0 Å². The predicted octanol–water partition coefficient (Wildman–Crippen LogP) is 0.0348. The Kier molecular flexibility index (Phi) is 11.5. The molecule has 0 aliphatic rings. The van der Waals surface area contributed by atoms with Crippen LogP contribution >= 0.6 is 23.5 Å². The highest BCUT2D eigenvalue weighted by atomic mass is 32.2. The molecule has 0 aliphatic heterocycles. The van der Waals surface area contributed by atoms with Crippen molar-refractivity contribution in [2.75, 3.05) is 18.1 Å². The van der Waals surface area contributed by atoms with Gasteiger partial charge >= 0.3 is 0 Å². The average molecular weight is 314 g/mol. The molecule has 0 aromatic heterocycles. The summed E-state index contributed by atoms with van der Waals surface area (Å²) in [4.78, 5) is 0. The first-order valence-corrected chi connectivity index (χ1v) is 8.65. The maximum Gasteiger partial charge on any atom is 0.111 e. The summed E-state index contributed by atoms with van der Waals surface area (Å²) in [7, 11) is 0. The Morgan fingerprint density at radius 2 is 1.26 bits per heavy atom. The predicted molar refractivity (Wildman–Crippen MR) is 80.4 cm³/mol. The van der Waals surface area contributed by atoms with E-state index in [0.29, 0.717) is 0 Å². The summed E-state index contributed by atoms with van der Waals surface area (Å²) in [5.74, 6) is 1.70. The molecule has 0 heterocycles. The van der Waals surface area contributed by atoms with E-state index in [0.717, 1.165) is 24.3 Å². The highest BCUT2D eigenvalue weighted by molar-refractivity contribution is 8.17. The van der Waals surface area contributed by atoms with Crippen molar-refractivity contribution in [3.63, 3.8) is 0 Å². The van der Waals surface area contributed by atoms with Gasteiger partial charge in [-0.25, -0.2) is 0 Å². The van der Waals surface area contributed by atoms with Gasteiger partial charge in [0.2, 0.25) is 0 Å². The summed E-state index contributed by atoms with van der Waals surface area (Å²) >= 11 is 3.06. The molecule has 0 aromatic carbocycles. The number of aliphatic hydroxyl groups excluding tert-OH is 5. The Labute approximate surface area is 123 Å². The molecule has 5 nitrogen and oxygen atoms in total. The van der Waals surface area contributed by atoms with Gasteiger partial charge in [-0.05, 0) is 24.3 Å². The number of hydrogen-bond donors (Lipinski definition) is 5. The van der Waals surface area contributed by atoms with Gasteiger partial charge in [0.1, 0.15) is 24.4 Å². The maximum atomic E-state index is 10.1. The van der Waals surface area contributed by atoms with Gasteiger partial charge in [-0.1, -0.05) is 13.8 Å². The minimum Gasteiger partial charge on any atom is -0.394 e. The molecular formula is C12H26O5S2. The van der Waals surface area contributed by atoms with Crippen LogP contribution < -0.4 is 0 Å². The fourth-order valence-electron chi connectivity index (χ4n) is 1.41. The Balaban J connectivity index is 4.52. The monoisotopic (exact) mass is 314 g/mol. The van der Waals surface area contributed by atoms with E-state index in [1.165, 1.54) is 23.5 Å². The molecule has 0 spiro atoms. The molecule has 0 aliphatic carbocycles. The molecule has 0 radical (unpaired) electrons. The third-order valence-corrected chi connectivity index (χ3v) is 5.85. The Morgan fingerprint density at radius 3 is 1.63 bits per heavy atom. The first-order chi connectivity index (χ1) is 8.99. The van der Waals surface area contributed by atoms with E-state index in [-0.39, 0.29) is 4.58 Å². The van der Waals surface area contributed by atoms with Gasteiger partial charge in [-0.15, -0.1) is 23.5 Å². The maximum absolute atomic E-state index is 10.1. The van der Waals surface area contributed by atoms with Crippen molar-refractivity contribution < 1.29 is 25.5 Å². The molecule has 116 valence electrons. The first kappa shape index (κ1) is 19.5. The van der Waals surface area contributed by atoms with Crippen molar-refractivity contribution in [3.8, 4) is 0 Å². The highest BCUT2D eigenvalue weighted by Gasteiger charge is 2.34. The van der Waals surface area contributed by atoms with E-state index in [1.807, 2.05) is 13.8 Å². The topological polar surface area (TPSA) is 101 Å². The van der Waals surface area contributed by atoms with Gasteiger partial charge in [0, 0.05) is 0 Å². The van der Waals surface area contributed by atoms with E-state index in [2.05, 4.69) is 0 Å². The summed E-state index contributed by atoms with van der Waals surface area (Å²) in [6.07, 6.45) is -3.70. The zero-order chi connectivity index (χ0) is 14.8. The van der Waals surface area contributed by atoms with Crippen LogP contribution in [-0.2, 0) is 0 Å². The zero-order valence-electron chi connectivity index (χ0n) is 11.5. The largest absolute Gasteiger partial charge is 0.394 e. The average Bonchev–Trinajstić information content (AvgIpc) is 2.44. The summed E-state index contributed by atoms with van der Waals surface area (Å²) < 4.78 is -0.254. The standard InChI is InChI=1S/C12H26O5S2/c1-3-5-18-12(19-6-4-2)11(17)10(16)9(15)8(14)7-13/h8-17H,3-7H2,1-2H3/t8-,9-,10+,11-/m1/s1. The van der Waals surface area contributed by atoms with Gasteiger partial charge in [0.05, 0.1) is 11.2 Å². The van der Waals surface area contributed by atoms with Crippen molar-refractivity contribution in [2.24, 2.45) is 0 Å². The van der Waals surface area contributed by atoms with Crippen molar-refractivity contribution in [2.45, 2.75) is 55.7 Å². The fraction of sp³-hybridized carbons (Fsp3) is 1.00. The van der Waals surface area contributed by atoms with Gasteiger partial charge < -0.3 is 25.5 Å². The molecule has 7 heteroatoms. The van der Waals surface area contributed by atoms with E-state index in [9.17, 15) is 20.4 Å². The second kappa shape index (κ2) is 11.2. The summed E-state index contributed by atoms with van der Waals surface area (Å²) in [6.45, 7) is 3.41. The molecule has 0 saturated heterocycles. The molecule has 19 heavy (non-hydrogen) atoms. The van der Waals surface area contributed by atoms with Crippen molar-refractivity contribution in [1.82, 2.24) is 0 Å². The van der Waals surface area contributed by atoms with Gasteiger partial charge in [0.15, 0.2) is 0 Å². The third kappa shape index (κ3) is 7.17. The van der Waals surface area contributed by atoms with Crippen molar-refractivity contribution in [3.05, 3.63) is 0 Å². The van der Waals surface area contributed by atoms with Crippen molar-refractivity contribution >= 4 is 23.5 Å². The lowest BCUT2D eigenvalue weighted by molar-refractivity contribution is -0.111. The molecule has 0 rings (SSSR count). The van der Waals surface area contributed by atoms with Crippen LogP contribution in [0.5, 0.6) is 0 Å². The number of thioether (sulfide) groups is 2. The fourth-order valence-corrected chi connectivity index (χ4v) is 4.03. The third-order valence-electron chi connectivity index (χ3n) is 2.53. The first-order valence-electron chi connectivity index (χ1n) is 6.55. The molecular weight excluding hydrogens is 288 g/mol. The lowest BCUT2D eigenvalue weighted by Crippen LogP contribution is -2.48. The molecule has 0 amide bonds. The summed E-state index contributed by atoms with van der Waals surface area (Å²) in [5, 5.41) is 47.6. The van der Waals surface area contributed by atoms with Crippen LogP contribution in [0.1, 0.15) is 26.7 Å². The minimum absolute atomic E-state index is 0.254. The van der Waals surface area contributed by atoms with Crippen LogP contribution in [0.3, 0.4) is 0 Å². The van der Waals surface area contributed by atoms with E-state index < -0.39 is 31.0 Å². The molecule has 0 bridgehead atoms. The second-order valence-electron chi connectivity index (χ2n) is 4.33. The lowest BCUT2D eigenvalue weighted by Gasteiger charge is -2.30. The normalized spacial score (nSPS) is 18.3. The van der Waals surface area contributed by atoms with Gasteiger partial charge in [0.25, 0.3) is 0 Å². The van der Waals surface area contributed by atoms with E-state index >= 15 is 0 Å². The van der Waals surface area contributed by atoms with Crippen LogP contribution in [-0.4, -0.2) is 72.6 Å². The molecule has 4 atom stereocenters. The molecule has 0 saturated carbocycles. The van der Waals surface area contributed by atoms with Crippen molar-refractivity contribution in [1.29, 1.82) is 0 Å². The Morgan fingerprint density at radius 1 is 0.789 bits per heavy atom. The van der Waals surface area contributed by atoms with Crippen LogP contribution in [0.4, 0.5) is 0 Å². The number of hydrogen-bond acceptors (Lipinski definition) is 7. The molecule has 0 unspecified atom stereocenters. The molecule has 0 fully saturated rings.